The minimum absolute atomic E-state index is 0.300. The molecule has 0 saturated carbocycles. The van der Waals surface area contributed by atoms with Crippen LogP contribution in [0.25, 0.3) is 0 Å². The predicted octanol–water partition coefficient (Wildman–Crippen LogP) is 1.20. The van der Waals surface area contributed by atoms with Gasteiger partial charge in [-0.2, -0.15) is 0 Å². The molecule has 0 aromatic rings. The molecule has 0 spiro atoms. The Morgan fingerprint density at radius 1 is 1.58 bits per heavy atom. The van der Waals surface area contributed by atoms with Gasteiger partial charge in [-0.15, -0.1) is 0 Å². The van der Waals surface area contributed by atoms with Crippen LogP contribution in [0.5, 0.6) is 0 Å². The van der Waals surface area contributed by atoms with Crippen LogP contribution in [0.2, 0.25) is 0 Å². The SMILES string of the molecule is C=N/C=C1\NC(C(F)(F)F)=C[Se]1. The molecule has 12 heavy (non-hydrogen) atoms. The van der Waals surface area contributed by atoms with Gasteiger partial charge in [0, 0.05) is 0 Å². The third-order valence-electron chi connectivity index (χ3n) is 1.08. The van der Waals surface area contributed by atoms with E-state index >= 15 is 0 Å². The summed E-state index contributed by atoms with van der Waals surface area (Å²) in [6, 6.07) is 0. The third kappa shape index (κ3) is 2.12. The number of allylic oxidation sites excluding steroid dienone is 1. The van der Waals surface area contributed by atoms with E-state index in [0.717, 1.165) is 4.97 Å². The number of rotatable bonds is 1. The first-order valence-electron chi connectivity index (χ1n) is 2.91. The molecule has 0 aliphatic carbocycles. The van der Waals surface area contributed by atoms with Gasteiger partial charge in [-0.1, -0.05) is 0 Å². The summed E-state index contributed by atoms with van der Waals surface area (Å²) >= 11 is -0.300. The van der Waals surface area contributed by atoms with Crippen molar-refractivity contribution in [1.82, 2.24) is 5.32 Å². The second kappa shape index (κ2) is 3.33. The molecule has 66 valence electrons. The van der Waals surface area contributed by atoms with Crippen molar-refractivity contribution in [3.8, 4) is 0 Å². The molecule has 0 amide bonds. The molecule has 0 bridgehead atoms. The van der Waals surface area contributed by atoms with E-state index in [-0.39, 0.29) is 15.0 Å². The van der Waals surface area contributed by atoms with Crippen molar-refractivity contribution in [2.24, 2.45) is 4.99 Å². The zero-order valence-corrected chi connectivity index (χ0v) is 7.56. The van der Waals surface area contributed by atoms with Gasteiger partial charge < -0.3 is 0 Å². The Balaban J connectivity index is 2.66. The molecular formula is C6H5F3N2Se. The Morgan fingerprint density at radius 3 is 2.67 bits per heavy atom. The van der Waals surface area contributed by atoms with Crippen molar-refractivity contribution in [3.63, 3.8) is 0 Å². The monoisotopic (exact) mass is 242 g/mol. The van der Waals surface area contributed by atoms with Crippen molar-refractivity contribution >= 4 is 21.7 Å². The summed E-state index contributed by atoms with van der Waals surface area (Å²) in [5, 5.41) is 2.22. The van der Waals surface area contributed by atoms with Crippen LogP contribution in [-0.4, -0.2) is 27.9 Å². The van der Waals surface area contributed by atoms with Gasteiger partial charge in [0.1, 0.15) is 0 Å². The van der Waals surface area contributed by atoms with E-state index in [4.69, 9.17) is 0 Å². The second-order valence-electron chi connectivity index (χ2n) is 1.95. The average molecular weight is 241 g/mol. The minimum atomic E-state index is -4.28. The Labute approximate surface area is 73.4 Å². The van der Waals surface area contributed by atoms with E-state index in [1.165, 1.54) is 6.20 Å². The van der Waals surface area contributed by atoms with Gasteiger partial charge in [0.2, 0.25) is 0 Å². The van der Waals surface area contributed by atoms with Crippen LogP contribution < -0.4 is 5.32 Å². The Kier molecular flexibility index (Phi) is 2.59. The standard InChI is InChI=1S/C6H5F3N2Se/c1-10-2-5-11-4(3-12-5)6(7,8)9/h2-3,11H,1H2/b5-2+. The van der Waals surface area contributed by atoms with Gasteiger partial charge in [0.05, 0.1) is 0 Å². The van der Waals surface area contributed by atoms with Crippen LogP contribution in [0.3, 0.4) is 0 Å². The summed E-state index contributed by atoms with van der Waals surface area (Å²) in [6.45, 7) is 3.15. The Bertz CT molecular complexity index is 254. The zero-order chi connectivity index (χ0) is 9.19. The number of nitrogens with zero attached hydrogens (tertiary/aromatic N) is 1. The maximum absolute atomic E-state index is 12.0. The fourth-order valence-corrected chi connectivity index (χ4v) is 2.15. The summed E-state index contributed by atoms with van der Waals surface area (Å²) in [6.07, 6.45) is -2.98. The fourth-order valence-electron chi connectivity index (χ4n) is 0.597. The molecule has 1 rings (SSSR count). The Hall–Kier alpha value is -0.741. The van der Waals surface area contributed by atoms with Crippen LogP contribution >= 0.6 is 0 Å². The molecule has 0 radical (unpaired) electrons. The average Bonchev–Trinajstić information content (AvgIpc) is 2.35. The van der Waals surface area contributed by atoms with Gasteiger partial charge in [-0.25, -0.2) is 0 Å². The molecule has 0 atom stereocenters. The van der Waals surface area contributed by atoms with Gasteiger partial charge >= 0.3 is 72.8 Å². The van der Waals surface area contributed by atoms with Crippen molar-refractivity contribution in [1.29, 1.82) is 0 Å². The van der Waals surface area contributed by atoms with Crippen molar-refractivity contribution in [3.05, 3.63) is 21.5 Å². The second-order valence-corrected chi connectivity index (χ2v) is 3.86. The van der Waals surface area contributed by atoms with Crippen LogP contribution in [-0.2, 0) is 0 Å². The van der Waals surface area contributed by atoms with Gasteiger partial charge in [-0.3, -0.25) is 0 Å². The quantitative estimate of drug-likeness (QED) is 0.541. The molecule has 6 heteroatoms. The van der Waals surface area contributed by atoms with Gasteiger partial charge in [0.25, 0.3) is 0 Å². The molecule has 1 N–H and O–H groups in total. The predicted molar refractivity (Wildman–Crippen MR) is 40.7 cm³/mol. The molecule has 0 unspecified atom stereocenters. The molecule has 2 nitrogen and oxygen atoms in total. The number of alkyl halides is 3. The topological polar surface area (TPSA) is 24.4 Å². The molecular weight excluding hydrogens is 236 g/mol. The molecule has 0 fully saturated rings. The van der Waals surface area contributed by atoms with Crippen LogP contribution in [0.4, 0.5) is 13.2 Å². The van der Waals surface area contributed by atoms with Gasteiger partial charge in [0.15, 0.2) is 0 Å². The van der Waals surface area contributed by atoms with Crippen LogP contribution in [0.15, 0.2) is 26.5 Å². The first-order valence-corrected chi connectivity index (χ1v) is 4.75. The van der Waals surface area contributed by atoms with Crippen molar-refractivity contribution < 1.29 is 13.2 Å². The number of nitrogens with one attached hydrogen (secondary N) is 1. The van der Waals surface area contributed by atoms with Gasteiger partial charge in [-0.05, 0) is 0 Å². The third-order valence-corrected chi connectivity index (χ3v) is 2.79. The Morgan fingerprint density at radius 2 is 2.25 bits per heavy atom. The van der Waals surface area contributed by atoms with E-state index in [1.807, 2.05) is 0 Å². The molecule has 1 aliphatic rings. The zero-order valence-electron chi connectivity index (χ0n) is 5.85. The van der Waals surface area contributed by atoms with Crippen LogP contribution in [0.1, 0.15) is 0 Å². The first-order chi connectivity index (χ1) is 5.54. The fraction of sp³-hybridized carbons (Fsp3) is 0.167. The molecule has 0 aromatic heterocycles. The van der Waals surface area contributed by atoms with E-state index in [9.17, 15) is 13.2 Å². The molecule has 1 heterocycles. The summed E-state index contributed by atoms with van der Waals surface area (Å²) < 4.78 is 36.4. The number of halogens is 3. The summed E-state index contributed by atoms with van der Waals surface area (Å²) in [4.78, 5) is 4.52. The molecule has 1 aliphatic heterocycles. The van der Waals surface area contributed by atoms with E-state index in [2.05, 4.69) is 17.0 Å². The summed E-state index contributed by atoms with van der Waals surface area (Å²) in [5.41, 5.74) is -0.697. The number of aliphatic imine (C=N–C) groups is 1. The molecule has 0 aromatic carbocycles. The van der Waals surface area contributed by atoms with Crippen molar-refractivity contribution in [2.75, 3.05) is 0 Å². The number of hydrogen-bond acceptors (Lipinski definition) is 2. The normalized spacial score (nSPS) is 20.6. The summed E-state index contributed by atoms with van der Waals surface area (Å²) in [5.74, 6) is 0. The van der Waals surface area contributed by atoms with E-state index < -0.39 is 11.9 Å². The summed E-state index contributed by atoms with van der Waals surface area (Å²) in [7, 11) is 0. The van der Waals surface area contributed by atoms with E-state index in [0.29, 0.717) is 4.60 Å². The van der Waals surface area contributed by atoms with E-state index in [1.54, 1.807) is 0 Å². The first kappa shape index (κ1) is 9.35. The molecule has 0 saturated heterocycles. The van der Waals surface area contributed by atoms with Crippen molar-refractivity contribution in [2.45, 2.75) is 6.18 Å². The van der Waals surface area contributed by atoms with Crippen LogP contribution in [0, 0.1) is 0 Å². The maximum atomic E-state index is 12.0. The number of hydrogen-bond donors (Lipinski definition) is 1.